The first kappa shape index (κ1) is 13.8. The lowest BCUT2D eigenvalue weighted by Crippen LogP contribution is -2.06. The van der Waals surface area contributed by atoms with Gasteiger partial charge in [-0.05, 0) is 35.9 Å². The van der Waals surface area contributed by atoms with Crippen LogP contribution in [0.3, 0.4) is 0 Å². The molecule has 0 aliphatic carbocycles. The van der Waals surface area contributed by atoms with Gasteiger partial charge in [-0.3, -0.25) is 9.78 Å². The van der Waals surface area contributed by atoms with Crippen LogP contribution in [0.5, 0.6) is 0 Å². The van der Waals surface area contributed by atoms with Gasteiger partial charge in [0.05, 0.1) is 5.52 Å². The second-order valence-corrected chi connectivity index (χ2v) is 5.68. The van der Waals surface area contributed by atoms with Crippen molar-refractivity contribution in [2.75, 3.05) is 5.73 Å². The molecule has 0 bridgehead atoms. The van der Waals surface area contributed by atoms with Gasteiger partial charge in [-0.1, -0.05) is 34.1 Å². The standard InChI is InChI=1S/C17H13BrN2O/c18-15-6-5-12(19)10-14(15)17(21)9-11-7-8-20-16-4-2-1-3-13(11)16/h1-8,10H,9,19H2. The van der Waals surface area contributed by atoms with E-state index in [1.165, 1.54) is 0 Å². The number of benzene rings is 2. The molecule has 3 rings (SSSR count). The molecule has 4 heteroatoms. The second-order valence-electron chi connectivity index (χ2n) is 4.83. The first-order valence-corrected chi connectivity index (χ1v) is 7.35. The minimum atomic E-state index is 0.0329. The number of pyridine rings is 1. The van der Waals surface area contributed by atoms with Gasteiger partial charge < -0.3 is 5.73 Å². The third-order valence-corrected chi connectivity index (χ3v) is 4.07. The Balaban J connectivity index is 1.99. The zero-order valence-corrected chi connectivity index (χ0v) is 12.8. The molecule has 0 atom stereocenters. The number of hydrogen-bond donors (Lipinski definition) is 1. The number of nitrogen functional groups attached to an aromatic ring is 1. The number of rotatable bonds is 3. The summed E-state index contributed by atoms with van der Waals surface area (Å²) in [6, 6.07) is 15.0. The zero-order valence-electron chi connectivity index (χ0n) is 11.2. The third-order valence-electron chi connectivity index (χ3n) is 3.38. The molecule has 1 heterocycles. The highest BCUT2D eigenvalue weighted by molar-refractivity contribution is 9.10. The van der Waals surface area contributed by atoms with Gasteiger partial charge in [0.2, 0.25) is 0 Å². The molecule has 0 saturated heterocycles. The van der Waals surface area contributed by atoms with Crippen molar-refractivity contribution in [3.8, 4) is 0 Å². The molecule has 21 heavy (non-hydrogen) atoms. The van der Waals surface area contributed by atoms with Crippen LogP contribution >= 0.6 is 15.9 Å². The van der Waals surface area contributed by atoms with Gasteiger partial charge in [-0.2, -0.15) is 0 Å². The van der Waals surface area contributed by atoms with E-state index in [9.17, 15) is 4.79 Å². The Morgan fingerprint density at radius 1 is 1.14 bits per heavy atom. The highest BCUT2D eigenvalue weighted by Gasteiger charge is 2.13. The quantitative estimate of drug-likeness (QED) is 0.579. The van der Waals surface area contributed by atoms with Crippen LogP contribution in [0.15, 0.2) is 59.2 Å². The van der Waals surface area contributed by atoms with Crippen molar-refractivity contribution in [3.05, 3.63) is 70.3 Å². The molecular weight excluding hydrogens is 328 g/mol. The molecule has 1 aromatic heterocycles. The van der Waals surface area contributed by atoms with Crippen LogP contribution in [0.4, 0.5) is 5.69 Å². The van der Waals surface area contributed by atoms with Crippen LogP contribution < -0.4 is 5.73 Å². The number of para-hydroxylation sites is 1. The monoisotopic (exact) mass is 340 g/mol. The van der Waals surface area contributed by atoms with Crippen LogP contribution in [-0.2, 0) is 6.42 Å². The number of Topliss-reactive ketones (excluding diaryl/α,β-unsaturated/α-hetero) is 1. The molecule has 0 aliphatic heterocycles. The van der Waals surface area contributed by atoms with Crippen LogP contribution in [0.2, 0.25) is 0 Å². The van der Waals surface area contributed by atoms with Crippen LogP contribution in [0.25, 0.3) is 10.9 Å². The topological polar surface area (TPSA) is 56.0 Å². The zero-order chi connectivity index (χ0) is 14.8. The molecule has 0 amide bonds. The van der Waals surface area contributed by atoms with Crippen LogP contribution in [0.1, 0.15) is 15.9 Å². The molecular formula is C17H13BrN2O. The maximum Gasteiger partial charge on any atom is 0.168 e. The number of ketones is 1. The Morgan fingerprint density at radius 2 is 1.95 bits per heavy atom. The van der Waals surface area contributed by atoms with Gasteiger partial charge in [0.1, 0.15) is 0 Å². The number of fused-ring (bicyclic) bond motifs is 1. The lowest BCUT2D eigenvalue weighted by molar-refractivity contribution is 0.0992. The van der Waals surface area contributed by atoms with Gasteiger partial charge in [-0.15, -0.1) is 0 Å². The number of carbonyl (C=O) groups is 1. The van der Waals surface area contributed by atoms with E-state index < -0.39 is 0 Å². The van der Waals surface area contributed by atoms with Crippen molar-refractivity contribution in [1.29, 1.82) is 0 Å². The molecule has 0 saturated carbocycles. The van der Waals surface area contributed by atoms with Gasteiger partial charge >= 0.3 is 0 Å². The number of halogens is 1. The second kappa shape index (κ2) is 5.66. The van der Waals surface area contributed by atoms with E-state index in [1.54, 1.807) is 24.4 Å². The van der Waals surface area contributed by atoms with Crippen LogP contribution in [0, 0.1) is 0 Å². The van der Waals surface area contributed by atoms with Crippen LogP contribution in [-0.4, -0.2) is 10.8 Å². The largest absolute Gasteiger partial charge is 0.399 e. The highest BCUT2D eigenvalue weighted by Crippen LogP contribution is 2.23. The molecule has 3 nitrogen and oxygen atoms in total. The van der Waals surface area contributed by atoms with E-state index in [-0.39, 0.29) is 5.78 Å². The maximum atomic E-state index is 12.5. The van der Waals surface area contributed by atoms with E-state index in [2.05, 4.69) is 20.9 Å². The van der Waals surface area contributed by atoms with E-state index in [1.807, 2.05) is 30.3 Å². The fourth-order valence-corrected chi connectivity index (χ4v) is 2.80. The molecule has 2 aromatic carbocycles. The van der Waals surface area contributed by atoms with E-state index in [4.69, 9.17) is 5.73 Å². The summed E-state index contributed by atoms with van der Waals surface area (Å²) in [5.41, 5.74) is 8.83. The first-order chi connectivity index (χ1) is 10.1. The minimum Gasteiger partial charge on any atom is -0.399 e. The van der Waals surface area contributed by atoms with E-state index in [0.717, 1.165) is 20.9 Å². The first-order valence-electron chi connectivity index (χ1n) is 6.56. The molecule has 104 valence electrons. The molecule has 2 N–H and O–H groups in total. The average molecular weight is 341 g/mol. The Labute approximate surface area is 130 Å². The van der Waals surface area contributed by atoms with Gasteiger partial charge in [0.15, 0.2) is 5.78 Å². The van der Waals surface area contributed by atoms with Crippen molar-refractivity contribution >= 4 is 38.3 Å². The number of aromatic nitrogens is 1. The molecule has 0 radical (unpaired) electrons. The van der Waals surface area contributed by atoms with E-state index >= 15 is 0 Å². The Bertz CT molecular complexity index is 825. The van der Waals surface area contributed by atoms with Gasteiger partial charge in [0, 0.05) is 33.7 Å². The normalized spacial score (nSPS) is 10.7. The number of anilines is 1. The fourth-order valence-electron chi connectivity index (χ4n) is 2.33. The van der Waals surface area contributed by atoms with Crippen molar-refractivity contribution < 1.29 is 4.79 Å². The average Bonchev–Trinajstić information content (AvgIpc) is 2.50. The Kier molecular flexibility index (Phi) is 3.71. The molecule has 0 unspecified atom stereocenters. The predicted octanol–water partition coefficient (Wildman–Crippen LogP) is 4.00. The smallest absolute Gasteiger partial charge is 0.168 e. The minimum absolute atomic E-state index is 0.0329. The highest BCUT2D eigenvalue weighted by atomic mass is 79.9. The predicted molar refractivity (Wildman–Crippen MR) is 88.3 cm³/mol. The summed E-state index contributed by atoms with van der Waals surface area (Å²) in [6.07, 6.45) is 2.06. The molecule has 0 spiro atoms. The summed E-state index contributed by atoms with van der Waals surface area (Å²) in [7, 11) is 0. The fraction of sp³-hybridized carbons (Fsp3) is 0.0588. The lowest BCUT2D eigenvalue weighted by Gasteiger charge is -2.07. The van der Waals surface area contributed by atoms with Crippen molar-refractivity contribution in [2.45, 2.75) is 6.42 Å². The number of nitrogens with two attached hydrogens (primary N) is 1. The number of carbonyl (C=O) groups excluding carboxylic acids is 1. The maximum absolute atomic E-state index is 12.5. The Hall–Kier alpha value is -2.20. The summed E-state index contributed by atoms with van der Waals surface area (Å²) in [5.74, 6) is 0.0329. The van der Waals surface area contributed by atoms with E-state index in [0.29, 0.717) is 17.7 Å². The Morgan fingerprint density at radius 3 is 2.81 bits per heavy atom. The summed E-state index contributed by atoms with van der Waals surface area (Å²) in [6.45, 7) is 0. The molecule has 0 fully saturated rings. The number of nitrogens with zero attached hydrogens (tertiary/aromatic N) is 1. The summed E-state index contributed by atoms with van der Waals surface area (Å²) < 4.78 is 0.764. The molecule has 0 aliphatic rings. The number of hydrogen-bond acceptors (Lipinski definition) is 3. The summed E-state index contributed by atoms with van der Waals surface area (Å²) in [4.78, 5) is 16.8. The van der Waals surface area contributed by atoms with Gasteiger partial charge in [0.25, 0.3) is 0 Å². The van der Waals surface area contributed by atoms with Crippen molar-refractivity contribution in [1.82, 2.24) is 4.98 Å². The molecule has 3 aromatic rings. The summed E-state index contributed by atoms with van der Waals surface area (Å²) >= 11 is 3.41. The van der Waals surface area contributed by atoms with Crippen molar-refractivity contribution in [3.63, 3.8) is 0 Å². The van der Waals surface area contributed by atoms with Crippen molar-refractivity contribution in [2.24, 2.45) is 0 Å². The van der Waals surface area contributed by atoms with Gasteiger partial charge in [-0.25, -0.2) is 0 Å². The summed E-state index contributed by atoms with van der Waals surface area (Å²) in [5, 5.41) is 1.01. The SMILES string of the molecule is Nc1ccc(Br)c(C(=O)Cc2ccnc3ccccc23)c1. The lowest BCUT2D eigenvalue weighted by atomic mass is 10.00. The third kappa shape index (κ3) is 2.81.